The van der Waals surface area contributed by atoms with Gasteiger partial charge in [0.05, 0.1) is 33.1 Å². The first-order valence-electron chi connectivity index (χ1n) is 5.68. The van der Waals surface area contributed by atoms with Crippen molar-refractivity contribution >= 4 is 56.4 Å². The molecule has 3 N–H and O–H groups in total. The van der Waals surface area contributed by atoms with Crippen LogP contribution in [0.15, 0.2) is 34.8 Å². The molecule has 0 spiro atoms. The smallest absolute Gasteiger partial charge is 0.255 e. The van der Waals surface area contributed by atoms with Crippen molar-refractivity contribution in [2.75, 3.05) is 11.1 Å². The highest BCUT2D eigenvalue weighted by Crippen LogP contribution is 2.30. The molecule has 0 heterocycles. The number of nitriles is 1. The van der Waals surface area contributed by atoms with Crippen LogP contribution in [0.5, 0.6) is 0 Å². The average molecular weight is 385 g/mol. The van der Waals surface area contributed by atoms with Crippen LogP contribution in [0, 0.1) is 11.3 Å². The normalized spacial score (nSPS) is 10.0. The topological polar surface area (TPSA) is 78.9 Å². The zero-order valence-electron chi connectivity index (χ0n) is 10.5. The number of rotatable bonds is 2. The summed E-state index contributed by atoms with van der Waals surface area (Å²) in [7, 11) is 0. The third-order valence-electron chi connectivity index (χ3n) is 2.69. The lowest BCUT2D eigenvalue weighted by Gasteiger charge is -2.09. The Bertz CT molecular complexity index is 748. The molecule has 0 saturated carbocycles. The highest BCUT2D eigenvalue weighted by molar-refractivity contribution is 9.10. The van der Waals surface area contributed by atoms with Gasteiger partial charge in [0.2, 0.25) is 0 Å². The van der Waals surface area contributed by atoms with Gasteiger partial charge in [-0.2, -0.15) is 5.26 Å². The van der Waals surface area contributed by atoms with Gasteiger partial charge >= 0.3 is 0 Å². The van der Waals surface area contributed by atoms with Crippen molar-refractivity contribution in [1.82, 2.24) is 0 Å². The largest absolute Gasteiger partial charge is 0.396 e. The van der Waals surface area contributed by atoms with Crippen molar-refractivity contribution in [2.24, 2.45) is 0 Å². The molecule has 0 bridgehead atoms. The predicted molar refractivity (Wildman–Crippen MR) is 87.7 cm³/mol. The van der Waals surface area contributed by atoms with E-state index < -0.39 is 0 Å². The standard InChI is InChI=1S/C14H8BrCl2N3O/c15-9-3-7(6-18)1-2-12(9)20-14(21)8-4-10(16)13(19)11(17)5-8/h1-5H,19H2,(H,20,21). The molecule has 2 rings (SSSR count). The molecule has 2 aromatic carbocycles. The molecule has 106 valence electrons. The van der Waals surface area contributed by atoms with Gasteiger partial charge in [-0.05, 0) is 46.3 Å². The number of hydrogen-bond donors (Lipinski definition) is 2. The molecule has 2 aromatic rings. The van der Waals surface area contributed by atoms with Crippen molar-refractivity contribution in [1.29, 1.82) is 5.26 Å². The summed E-state index contributed by atoms with van der Waals surface area (Å²) in [5.74, 6) is -0.385. The Labute approximate surface area is 139 Å². The molecule has 0 fully saturated rings. The first-order chi connectivity index (χ1) is 9.92. The number of anilines is 2. The van der Waals surface area contributed by atoms with Gasteiger partial charge in [0, 0.05) is 10.0 Å². The van der Waals surface area contributed by atoms with Gasteiger partial charge in [0.1, 0.15) is 0 Å². The van der Waals surface area contributed by atoms with Gasteiger partial charge in [-0.15, -0.1) is 0 Å². The summed E-state index contributed by atoms with van der Waals surface area (Å²) in [5, 5.41) is 11.9. The van der Waals surface area contributed by atoms with Gasteiger partial charge < -0.3 is 11.1 Å². The number of nitrogens with zero attached hydrogens (tertiary/aromatic N) is 1. The lowest BCUT2D eigenvalue weighted by Crippen LogP contribution is -2.12. The molecular formula is C14H8BrCl2N3O. The molecule has 0 radical (unpaired) electrons. The quantitative estimate of drug-likeness (QED) is 0.750. The minimum atomic E-state index is -0.385. The van der Waals surface area contributed by atoms with Gasteiger partial charge in [-0.3, -0.25) is 4.79 Å². The second-order valence-electron chi connectivity index (χ2n) is 4.11. The van der Waals surface area contributed by atoms with E-state index in [0.717, 1.165) is 0 Å². The molecule has 0 aliphatic heterocycles. The van der Waals surface area contributed by atoms with Crippen LogP contribution in [0.1, 0.15) is 15.9 Å². The molecule has 0 unspecified atom stereocenters. The molecule has 0 atom stereocenters. The number of halogens is 3. The Morgan fingerprint density at radius 2 is 1.86 bits per heavy atom. The lowest BCUT2D eigenvalue weighted by molar-refractivity contribution is 0.102. The van der Waals surface area contributed by atoms with Crippen LogP contribution < -0.4 is 11.1 Å². The summed E-state index contributed by atoms with van der Waals surface area (Å²) >= 11 is 15.1. The summed E-state index contributed by atoms with van der Waals surface area (Å²) in [4.78, 5) is 12.2. The van der Waals surface area contributed by atoms with Crippen molar-refractivity contribution in [2.45, 2.75) is 0 Å². The lowest BCUT2D eigenvalue weighted by atomic mass is 10.1. The Hall–Kier alpha value is -1.74. The number of nitrogens with one attached hydrogen (secondary N) is 1. The van der Waals surface area contributed by atoms with E-state index in [-0.39, 0.29) is 27.2 Å². The minimum Gasteiger partial charge on any atom is -0.396 e. The van der Waals surface area contributed by atoms with Gasteiger partial charge in [-0.1, -0.05) is 23.2 Å². The van der Waals surface area contributed by atoms with Crippen LogP contribution in [0.3, 0.4) is 0 Å². The highest BCUT2D eigenvalue weighted by Gasteiger charge is 2.13. The Balaban J connectivity index is 2.28. The maximum absolute atomic E-state index is 12.2. The van der Waals surface area contributed by atoms with Crippen LogP contribution >= 0.6 is 39.1 Å². The first kappa shape index (κ1) is 15.6. The van der Waals surface area contributed by atoms with Crippen molar-refractivity contribution in [3.8, 4) is 6.07 Å². The van der Waals surface area contributed by atoms with E-state index in [1.807, 2.05) is 6.07 Å². The molecule has 0 saturated heterocycles. The second-order valence-corrected chi connectivity index (χ2v) is 5.78. The number of nitrogen functional groups attached to an aromatic ring is 1. The molecule has 1 amide bonds. The molecule has 0 aliphatic rings. The maximum atomic E-state index is 12.2. The summed E-state index contributed by atoms with van der Waals surface area (Å²) in [6.45, 7) is 0. The van der Waals surface area contributed by atoms with Crippen LogP contribution in [0.4, 0.5) is 11.4 Å². The summed E-state index contributed by atoms with van der Waals surface area (Å²) in [6, 6.07) is 9.73. The van der Waals surface area contributed by atoms with E-state index in [1.54, 1.807) is 18.2 Å². The van der Waals surface area contributed by atoms with Gasteiger partial charge in [0.25, 0.3) is 5.91 Å². The fourth-order valence-electron chi connectivity index (χ4n) is 1.60. The van der Waals surface area contributed by atoms with Crippen LogP contribution in [0.25, 0.3) is 0 Å². The third-order valence-corrected chi connectivity index (χ3v) is 3.97. The van der Waals surface area contributed by atoms with E-state index in [4.69, 9.17) is 34.2 Å². The zero-order valence-corrected chi connectivity index (χ0v) is 13.6. The number of carbonyl (C=O) groups excluding carboxylic acids is 1. The average Bonchev–Trinajstić information content (AvgIpc) is 2.46. The van der Waals surface area contributed by atoms with Crippen molar-refractivity contribution in [3.05, 3.63) is 56.0 Å². The Morgan fingerprint density at radius 1 is 1.24 bits per heavy atom. The van der Waals surface area contributed by atoms with E-state index in [1.165, 1.54) is 12.1 Å². The maximum Gasteiger partial charge on any atom is 0.255 e. The molecule has 21 heavy (non-hydrogen) atoms. The summed E-state index contributed by atoms with van der Waals surface area (Å²) in [6.07, 6.45) is 0. The molecule has 4 nitrogen and oxygen atoms in total. The highest BCUT2D eigenvalue weighted by atomic mass is 79.9. The molecule has 0 aromatic heterocycles. The molecular weight excluding hydrogens is 377 g/mol. The second kappa shape index (κ2) is 6.35. The fourth-order valence-corrected chi connectivity index (χ4v) is 2.56. The van der Waals surface area contributed by atoms with E-state index in [9.17, 15) is 4.79 Å². The number of carbonyl (C=O) groups is 1. The summed E-state index contributed by atoms with van der Waals surface area (Å²) < 4.78 is 0.600. The van der Waals surface area contributed by atoms with E-state index in [2.05, 4.69) is 21.2 Å². The minimum absolute atomic E-state index is 0.214. The number of nitrogens with two attached hydrogens (primary N) is 1. The van der Waals surface area contributed by atoms with E-state index >= 15 is 0 Å². The number of hydrogen-bond acceptors (Lipinski definition) is 3. The van der Waals surface area contributed by atoms with Crippen molar-refractivity contribution in [3.63, 3.8) is 0 Å². The number of benzene rings is 2. The Morgan fingerprint density at radius 3 is 2.38 bits per heavy atom. The van der Waals surface area contributed by atoms with E-state index in [0.29, 0.717) is 15.7 Å². The Kier molecular flexibility index (Phi) is 4.73. The van der Waals surface area contributed by atoms with Crippen LogP contribution in [-0.4, -0.2) is 5.91 Å². The molecule has 7 heteroatoms. The predicted octanol–water partition coefficient (Wildman–Crippen LogP) is 4.46. The monoisotopic (exact) mass is 383 g/mol. The van der Waals surface area contributed by atoms with Gasteiger partial charge in [-0.25, -0.2) is 0 Å². The first-order valence-corrected chi connectivity index (χ1v) is 7.23. The zero-order chi connectivity index (χ0) is 15.6. The SMILES string of the molecule is N#Cc1ccc(NC(=O)c2cc(Cl)c(N)c(Cl)c2)c(Br)c1. The van der Waals surface area contributed by atoms with Gasteiger partial charge in [0.15, 0.2) is 0 Å². The van der Waals surface area contributed by atoms with Crippen molar-refractivity contribution < 1.29 is 4.79 Å². The fraction of sp³-hybridized carbons (Fsp3) is 0. The third kappa shape index (κ3) is 3.48. The van der Waals surface area contributed by atoms with Crippen LogP contribution in [0.2, 0.25) is 10.0 Å². The van der Waals surface area contributed by atoms with Crippen LogP contribution in [-0.2, 0) is 0 Å². The molecule has 0 aliphatic carbocycles. The number of amides is 1. The summed E-state index contributed by atoms with van der Waals surface area (Å²) in [5.41, 5.74) is 7.16.